The van der Waals surface area contributed by atoms with Crippen LogP contribution in [0, 0.1) is 0 Å². The molecule has 0 radical (unpaired) electrons. The number of hydrogen-bond donors (Lipinski definition) is 1. The van der Waals surface area contributed by atoms with E-state index in [4.69, 9.17) is 4.74 Å². The molecule has 20 heavy (non-hydrogen) atoms. The molecule has 0 saturated heterocycles. The Kier molecular flexibility index (Phi) is 4.41. The van der Waals surface area contributed by atoms with Crippen LogP contribution in [0.25, 0.3) is 10.9 Å². The first-order valence-electron chi connectivity index (χ1n) is 6.22. The number of ether oxygens (including phenoxy) is 1. The number of methoxy groups -OCH3 is 1. The summed E-state index contributed by atoms with van der Waals surface area (Å²) in [6.07, 6.45) is 0. The van der Waals surface area contributed by atoms with E-state index in [1.807, 2.05) is 6.92 Å². The zero-order chi connectivity index (χ0) is 14.5. The molecule has 0 aliphatic rings. The maximum Gasteiger partial charge on any atom is 0.278 e. The zero-order valence-corrected chi connectivity index (χ0v) is 11.4. The quantitative estimate of drug-likeness (QED) is 0.827. The Bertz CT molecular complexity index is 668. The second-order valence-corrected chi connectivity index (χ2v) is 4.49. The minimum atomic E-state index is -0.329. The van der Waals surface area contributed by atoms with Gasteiger partial charge in [0.2, 0.25) is 5.91 Å². The van der Waals surface area contributed by atoms with Gasteiger partial charge in [0.15, 0.2) is 0 Å². The number of hydrogen-bond acceptors (Lipinski definition) is 5. The SMILES string of the molecule is COC[C@H](C)NC(=O)Cn1nnc2ccccc2c1=O. The molecule has 2 rings (SSSR count). The molecule has 2 aromatic rings. The van der Waals surface area contributed by atoms with Crippen LogP contribution in [0.3, 0.4) is 0 Å². The molecule has 7 nitrogen and oxygen atoms in total. The number of carbonyl (C=O) groups is 1. The van der Waals surface area contributed by atoms with E-state index in [1.54, 1.807) is 31.4 Å². The van der Waals surface area contributed by atoms with E-state index >= 15 is 0 Å². The van der Waals surface area contributed by atoms with Gasteiger partial charge in [-0.1, -0.05) is 17.3 Å². The highest BCUT2D eigenvalue weighted by molar-refractivity contribution is 5.78. The number of fused-ring (bicyclic) bond motifs is 1. The van der Waals surface area contributed by atoms with Crippen molar-refractivity contribution < 1.29 is 9.53 Å². The average Bonchev–Trinajstić information content (AvgIpc) is 2.42. The minimum Gasteiger partial charge on any atom is -0.383 e. The third kappa shape index (κ3) is 3.18. The van der Waals surface area contributed by atoms with Crippen molar-refractivity contribution in [3.8, 4) is 0 Å². The summed E-state index contributed by atoms with van der Waals surface area (Å²) in [6, 6.07) is 6.76. The van der Waals surface area contributed by atoms with Gasteiger partial charge in [0.1, 0.15) is 12.1 Å². The Morgan fingerprint density at radius 3 is 2.95 bits per heavy atom. The monoisotopic (exact) mass is 276 g/mol. The van der Waals surface area contributed by atoms with Crippen LogP contribution < -0.4 is 10.9 Å². The van der Waals surface area contributed by atoms with Gasteiger partial charge in [-0.2, -0.15) is 0 Å². The summed E-state index contributed by atoms with van der Waals surface area (Å²) in [6.45, 7) is 2.06. The molecule has 1 heterocycles. The lowest BCUT2D eigenvalue weighted by Crippen LogP contribution is -2.40. The fraction of sp³-hybridized carbons (Fsp3) is 0.385. The van der Waals surface area contributed by atoms with Crippen LogP contribution in [-0.4, -0.2) is 40.7 Å². The number of amides is 1. The molecule has 1 aromatic heterocycles. The van der Waals surface area contributed by atoms with Gasteiger partial charge in [-0.15, -0.1) is 5.10 Å². The number of nitrogens with one attached hydrogen (secondary N) is 1. The van der Waals surface area contributed by atoms with E-state index in [-0.39, 0.29) is 24.1 Å². The van der Waals surface area contributed by atoms with E-state index in [0.717, 1.165) is 4.68 Å². The Balaban J connectivity index is 2.16. The maximum absolute atomic E-state index is 12.1. The fourth-order valence-electron chi connectivity index (χ4n) is 1.88. The van der Waals surface area contributed by atoms with Gasteiger partial charge in [0.05, 0.1) is 12.0 Å². The van der Waals surface area contributed by atoms with Crippen molar-refractivity contribution >= 4 is 16.8 Å². The predicted octanol–water partition coefficient (Wildman–Crippen LogP) is -0.0574. The second kappa shape index (κ2) is 6.25. The smallest absolute Gasteiger partial charge is 0.278 e. The molecular weight excluding hydrogens is 260 g/mol. The normalized spacial score (nSPS) is 12.3. The lowest BCUT2D eigenvalue weighted by Gasteiger charge is -2.12. The average molecular weight is 276 g/mol. The van der Waals surface area contributed by atoms with Gasteiger partial charge in [-0.3, -0.25) is 9.59 Å². The summed E-state index contributed by atoms with van der Waals surface area (Å²) in [5.74, 6) is -0.304. The molecule has 1 amide bonds. The first-order valence-corrected chi connectivity index (χ1v) is 6.22. The summed E-state index contributed by atoms with van der Waals surface area (Å²) in [4.78, 5) is 23.9. The van der Waals surface area contributed by atoms with Crippen LogP contribution >= 0.6 is 0 Å². The minimum absolute atomic E-state index is 0.128. The maximum atomic E-state index is 12.1. The topological polar surface area (TPSA) is 86.1 Å². The molecule has 1 aromatic carbocycles. The van der Waals surface area contributed by atoms with Gasteiger partial charge >= 0.3 is 0 Å². The van der Waals surface area contributed by atoms with Crippen LogP contribution in [0.5, 0.6) is 0 Å². The van der Waals surface area contributed by atoms with E-state index in [9.17, 15) is 9.59 Å². The summed E-state index contributed by atoms with van der Waals surface area (Å²) < 4.78 is 5.98. The van der Waals surface area contributed by atoms with Crippen LogP contribution in [0.15, 0.2) is 29.1 Å². The summed E-state index contributed by atoms with van der Waals surface area (Å²) in [7, 11) is 1.56. The lowest BCUT2D eigenvalue weighted by atomic mass is 10.2. The van der Waals surface area contributed by atoms with E-state index < -0.39 is 0 Å². The molecule has 1 atom stereocenters. The molecule has 0 bridgehead atoms. The predicted molar refractivity (Wildman–Crippen MR) is 73.3 cm³/mol. The molecule has 1 N–H and O–H groups in total. The third-order valence-electron chi connectivity index (χ3n) is 2.75. The molecular formula is C13H16N4O3. The van der Waals surface area contributed by atoms with Crippen molar-refractivity contribution in [2.75, 3.05) is 13.7 Å². The number of aromatic nitrogens is 3. The highest BCUT2D eigenvalue weighted by Gasteiger charge is 2.11. The number of nitrogens with zero attached hydrogens (tertiary/aromatic N) is 3. The van der Waals surface area contributed by atoms with Crippen LogP contribution in [0.4, 0.5) is 0 Å². The standard InChI is InChI=1S/C13H16N4O3/c1-9(8-20-2)14-12(18)7-17-13(19)10-5-3-4-6-11(10)15-16-17/h3-6,9H,7-8H2,1-2H3,(H,14,18)/t9-/m0/s1. The molecule has 0 aliphatic carbocycles. The molecule has 7 heteroatoms. The van der Waals surface area contributed by atoms with E-state index in [2.05, 4.69) is 15.6 Å². The first kappa shape index (κ1) is 14.1. The van der Waals surface area contributed by atoms with Crippen LogP contribution in [0.1, 0.15) is 6.92 Å². The van der Waals surface area contributed by atoms with Crippen molar-refractivity contribution in [2.45, 2.75) is 19.5 Å². The summed E-state index contributed by atoms with van der Waals surface area (Å²) >= 11 is 0. The second-order valence-electron chi connectivity index (χ2n) is 4.49. The number of carbonyl (C=O) groups excluding carboxylic acids is 1. The molecule has 0 spiro atoms. The van der Waals surface area contributed by atoms with Crippen molar-refractivity contribution in [3.63, 3.8) is 0 Å². The molecule has 0 saturated carbocycles. The van der Waals surface area contributed by atoms with Crippen LogP contribution in [-0.2, 0) is 16.1 Å². The Labute approximate surface area is 115 Å². The van der Waals surface area contributed by atoms with E-state index in [0.29, 0.717) is 17.5 Å². The third-order valence-corrected chi connectivity index (χ3v) is 2.75. The molecule has 106 valence electrons. The zero-order valence-electron chi connectivity index (χ0n) is 11.4. The summed E-state index contributed by atoms with van der Waals surface area (Å²) in [5, 5.41) is 10.8. The van der Waals surface area contributed by atoms with Crippen molar-refractivity contribution in [1.29, 1.82) is 0 Å². The van der Waals surface area contributed by atoms with Gasteiger partial charge in [-0.05, 0) is 19.1 Å². The lowest BCUT2D eigenvalue weighted by molar-refractivity contribution is -0.122. The molecule has 0 aliphatic heterocycles. The van der Waals surface area contributed by atoms with Crippen molar-refractivity contribution in [2.24, 2.45) is 0 Å². The molecule has 0 unspecified atom stereocenters. The number of benzene rings is 1. The van der Waals surface area contributed by atoms with Crippen LogP contribution in [0.2, 0.25) is 0 Å². The van der Waals surface area contributed by atoms with Gasteiger partial charge in [-0.25, -0.2) is 4.68 Å². The highest BCUT2D eigenvalue weighted by Crippen LogP contribution is 2.03. The highest BCUT2D eigenvalue weighted by atomic mass is 16.5. The van der Waals surface area contributed by atoms with Gasteiger partial charge in [0.25, 0.3) is 5.56 Å². The molecule has 0 fully saturated rings. The van der Waals surface area contributed by atoms with Crippen molar-refractivity contribution in [3.05, 3.63) is 34.6 Å². The Morgan fingerprint density at radius 1 is 1.45 bits per heavy atom. The van der Waals surface area contributed by atoms with Gasteiger partial charge in [0, 0.05) is 13.2 Å². The summed E-state index contributed by atoms with van der Waals surface area (Å²) in [5.41, 5.74) is 0.187. The largest absolute Gasteiger partial charge is 0.383 e. The fourth-order valence-corrected chi connectivity index (χ4v) is 1.88. The van der Waals surface area contributed by atoms with Crippen molar-refractivity contribution in [1.82, 2.24) is 20.3 Å². The Morgan fingerprint density at radius 2 is 2.20 bits per heavy atom. The first-order chi connectivity index (χ1) is 9.61. The van der Waals surface area contributed by atoms with Gasteiger partial charge < -0.3 is 10.1 Å². The number of rotatable bonds is 5. The van der Waals surface area contributed by atoms with E-state index in [1.165, 1.54) is 0 Å². The Hall–Kier alpha value is -2.28.